The fraction of sp³-hybridized carbons (Fsp3) is 0.543. The number of aromatic amines is 1. The number of carboxylic acid groups (broad SMARTS) is 1. The van der Waals surface area contributed by atoms with Gasteiger partial charge in [-0.2, -0.15) is 0 Å². The Morgan fingerprint density at radius 1 is 0.904 bits per heavy atom. The Morgan fingerprint density at radius 3 is 2.13 bits per heavy atom. The number of aromatic nitrogens is 2. The lowest BCUT2D eigenvalue weighted by Crippen LogP contribution is -2.60. The first-order chi connectivity index (χ1) is 24.6. The Hall–Kier alpha value is -5.32. The summed E-state index contributed by atoms with van der Waals surface area (Å²) in [4.78, 5) is 99.8. The molecule has 0 aliphatic carbocycles. The van der Waals surface area contributed by atoms with E-state index >= 15 is 0 Å². The maximum absolute atomic E-state index is 14.0. The summed E-state index contributed by atoms with van der Waals surface area (Å²) in [7, 11) is 0. The third kappa shape index (κ3) is 12.2. The number of rotatable bonds is 19. The molecule has 6 atom stereocenters. The van der Waals surface area contributed by atoms with Crippen molar-refractivity contribution in [3.63, 3.8) is 0 Å². The van der Waals surface area contributed by atoms with Crippen LogP contribution in [0, 0.1) is 11.8 Å². The van der Waals surface area contributed by atoms with Crippen molar-refractivity contribution in [2.45, 2.75) is 102 Å². The second-order valence-electron chi connectivity index (χ2n) is 13.8. The van der Waals surface area contributed by atoms with Gasteiger partial charge in [0.05, 0.1) is 18.8 Å². The summed E-state index contributed by atoms with van der Waals surface area (Å²) in [5.74, 6) is -6.06. The van der Waals surface area contributed by atoms with Crippen molar-refractivity contribution >= 4 is 41.4 Å². The van der Waals surface area contributed by atoms with Crippen molar-refractivity contribution in [3.8, 4) is 0 Å². The molecule has 0 radical (unpaired) electrons. The molecule has 10 N–H and O–H groups in total. The van der Waals surface area contributed by atoms with Crippen LogP contribution in [-0.2, 0) is 46.4 Å². The van der Waals surface area contributed by atoms with Gasteiger partial charge in [0.2, 0.25) is 35.4 Å². The number of benzene rings is 1. The van der Waals surface area contributed by atoms with Crippen LogP contribution in [0.4, 0.5) is 0 Å². The molecule has 0 unspecified atom stereocenters. The Balaban J connectivity index is 1.85. The van der Waals surface area contributed by atoms with Gasteiger partial charge < -0.3 is 47.7 Å². The highest BCUT2D eigenvalue weighted by atomic mass is 16.4. The average molecular weight is 726 g/mol. The SMILES string of the molecule is CC(C)C[C@H](N)C(=O)N[C@@H](Cc1cnc[nH]1)C(=O)N1CCC[C@H]1C(=O)N[C@@H](Cc1ccccc1)C(=O)N[C@@H](CC(N)=O)C(=O)N[C@H](C(=O)O)C(C)C. The van der Waals surface area contributed by atoms with E-state index in [2.05, 4.69) is 31.2 Å². The van der Waals surface area contributed by atoms with E-state index < -0.39 is 90.0 Å². The van der Waals surface area contributed by atoms with Crippen LogP contribution in [0.15, 0.2) is 42.9 Å². The number of H-pyrrole nitrogens is 1. The van der Waals surface area contributed by atoms with E-state index in [4.69, 9.17) is 11.5 Å². The normalized spacial score (nSPS) is 17.1. The molecule has 0 saturated carbocycles. The first-order valence-electron chi connectivity index (χ1n) is 17.4. The molecule has 0 spiro atoms. The van der Waals surface area contributed by atoms with Gasteiger partial charge in [-0.15, -0.1) is 0 Å². The highest BCUT2D eigenvalue weighted by Gasteiger charge is 2.40. The second-order valence-corrected chi connectivity index (χ2v) is 13.8. The third-order valence-corrected chi connectivity index (χ3v) is 8.68. The Morgan fingerprint density at radius 2 is 1.56 bits per heavy atom. The number of hydrogen-bond acceptors (Lipinski definition) is 9. The largest absolute Gasteiger partial charge is 0.480 e. The van der Waals surface area contributed by atoms with Gasteiger partial charge >= 0.3 is 5.97 Å². The van der Waals surface area contributed by atoms with Crippen molar-refractivity contribution in [3.05, 3.63) is 54.1 Å². The summed E-state index contributed by atoms with van der Waals surface area (Å²) < 4.78 is 0. The summed E-state index contributed by atoms with van der Waals surface area (Å²) in [6.45, 7) is 7.22. The zero-order valence-electron chi connectivity index (χ0n) is 30.0. The van der Waals surface area contributed by atoms with Gasteiger partial charge in [0.25, 0.3) is 0 Å². The molecular formula is C35H51N9O8. The molecule has 1 fully saturated rings. The van der Waals surface area contributed by atoms with Crippen molar-refractivity contribution in [2.24, 2.45) is 23.3 Å². The van der Waals surface area contributed by atoms with Crippen LogP contribution >= 0.6 is 0 Å². The second kappa shape index (κ2) is 19.3. The van der Waals surface area contributed by atoms with Crippen LogP contribution in [0.25, 0.3) is 0 Å². The zero-order valence-corrected chi connectivity index (χ0v) is 30.0. The maximum atomic E-state index is 14.0. The molecule has 52 heavy (non-hydrogen) atoms. The third-order valence-electron chi connectivity index (χ3n) is 8.68. The van der Waals surface area contributed by atoms with Gasteiger partial charge in [0, 0.05) is 31.3 Å². The Labute approximate surface area is 302 Å². The molecule has 17 heteroatoms. The number of nitrogens with zero attached hydrogens (tertiary/aromatic N) is 2. The lowest BCUT2D eigenvalue weighted by atomic mass is 10.0. The van der Waals surface area contributed by atoms with Crippen molar-refractivity contribution in [1.82, 2.24) is 36.1 Å². The van der Waals surface area contributed by atoms with E-state index in [0.717, 1.165) is 0 Å². The van der Waals surface area contributed by atoms with Gasteiger partial charge in [-0.05, 0) is 36.7 Å². The van der Waals surface area contributed by atoms with Gasteiger partial charge in [0.1, 0.15) is 30.2 Å². The molecule has 1 aromatic heterocycles. The van der Waals surface area contributed by atoms with Crippen molar-refractivity contribution < 1.29 is 38.7 Å². The molecule has 17 nitrogen and oxygen atoms in total. The van der Waals surface area contributed by atoms with Gasteiger partial charge in [-0.3, -0.25) is 28.8 Å². The quantitative estimate of drug-likeness (QED) is 0.0885. The molecule has 1 saturated heterocycles. The molecule has 284 valence electrons. The number of amides is 6. The molecule has 6 amide bonds. The smallest absolute Gasteiger partial charge is 0.326 e. The summed E-state index contributed by atoms with van der Waals surface area (Å²) in [6.07, 6.45) is 3.51. The number of carbonyl (C=O) groups excluding carboxylic acids is 6. The number of hydrogen-bond donors (Lipinski definition) is 8. The molecule has 3 rings (SSSR count). The monoisotopic (exact) mass is 725 g/mol. The number of imidazole rings is 1. The minimum absolute atomic E-state index is 0.0278. The topological polar surface area (TPSA) is 272 Å². The number of carbonyl (C=O) groups is 7. The predicted molar refractivity (Wildman–Crippen MR) is 189 cm³/mol. The standard InChI is InChI=1S/C35H51N9O8/c1-19(2)13-23(36)30(46)42-26(15-22-17-38-18-39-22)34(50)44-12-8-11-27(44)33(49)41-24(14-21-9-6-5-7-10-21)31(47)40-25(16-28(37)45)32(48)43-29(20(3)4)35(51)52/h5-7,9-10,17-20,23-27,29H,8,11-16,36H2,1-4H3,(H2,37,45)(H,38,39)(H,40,47)(H,41,49)(H,42,46)(H,43,48)(H,51,52)/t23-,24-,25-,26-,27-,29-/m0/s1. The minimum atomic E-state index is -1.54. The number of nitrogens with one attached hydrogen (secondary N) is 5. The molecule has 1 aliphatic rings. The summed E-state index contributed by atoms with van der Waals surface area (Å²) >= 11 is 0. The van der Waals surface area contributed by atoms with Crippen LogP contribution in [0.1, 0.15) is 64.6 Å². The van der Waals surface area contributed by atoms with Crippen molar-refractivity contribution in [1.29, 1.82) is 0 Å². The maximum Gasteiger partial charge on any atom is 0.326 e. The first-order valence-corrected chi connectivity index (χ1v) is 17.4. The molecular weight excluding hydrogens is 674 g/mol. The molecule has 2 heterocycles. The van der Waals surface area contributed by atoms with E-state index in [1.807, 2.05) is 13.8 Å². The predicted octanol–water partition coefficient (Wildman–Crippen LogP) is -0.885. The fourth-order valence-corrected chi connectivity index (χ4v) is 5.99. The highest BCUT2D eigenvalue weighted by Crippen LogP contribution is 2.20. The zero-order chi connectivity index (χ0) is 38.5. The summed E-state index contributed by atoms with van der Waals surface area (Å²) in [5.41, 5.74) is 12.7. The van der Waals surface area contributed by atoms with E-state index in [1.54, 1.807) is 44.2 Å². The molecule has 1 aliphatic heterocycles. The number of likely N-dealkylation sites (tertiary alicyclic amines) is 1. The van der Waals surface area contributed by atoms with Crippen LogP contribution in [0.2, 0.25) is 0 Å². The van der Waals surface area contributed by atoms with Gasteiger partial charge in [0.15, 0.2) is 0 Å². The highest BCUT2D eigenvalue weighted by molar-refractivity contribution is 5.97. The van der Waals surface area contributed by atoms with Gasteiger partial charge in [-0.25, -0.2) is 9.78 Å². The van der Waals surface area contributed by atoms with Crippen LogP contribution in [0.3, 0.4) is 0 Å². The lowest BCUT2D eigenvalue weighted by molar-refractivity contribution is -0.144. The Kier molecular flexibility index (Phi) is 15.3. The Bertz CT molecular complexity index is 1550. The number of nitrogens with two attached hydrogens (primary N) is 2. The summed E-state index contributed by atoms with van der Waals surface area (Å²) in [6, 6.07) is 1.66. The molecule has 2 aromatic rings. The average Bonchev–Trinajstić information content (AvgIpc) is 3.78. The van der Waals surface area contributed by atoms with E-state index in [9.17, 15) is 38.7 Å². The molecule has 1 aromatic carbocycles. The summed E-state index contributed by atoms with van der Waals surface area (Å²) in [5, 5.41) is 19.8. The van der Waals surface area contributed by atoms with Gasteiger partial charge in [-0.1, -0.05) is 58.0 Å². The minimum Gasteiger partial charge on any atom is -0.480 e. The number of carboxylic acids is 1. The van der Waals surface area contributed by atoms with Crippen LogP contribution < -0.4 is 32.7 Å². The van der Waals surface area contributed by atoms with E-state index in [0.29, 0.717) is 24.1 Å². The number of primary amides is 1. The lowest BCUT2D eigenvalue weighted by Gasteiger charge is -2.30. The number of aliphatic carboxylic acids is 1. The van der Waals surface area contributed by atoms with E-state index in [-0.39, 0.29) is 31.7 Å². The molecule has 0 bridgehead atoms. The fourth-order valence-electron chi connectivity index (χ4n) is 5.99. The van der Waals surface area contributed by atoms with Crippen LogP contribution in [-0.4, -0.2) is 104 Å². The van der Waals surface area contributed by atoms with E-state index in [1.165, 1.54) is 17.4 Å². The first kappa shape index (κ1) is 41.1. The van der Waals surface area contributed by atoms with Crippen LogP contribution in [0.5, 0.6) is 0 Å². The van der Waals surface area contributed by atoms with Crippen molar-refractivity contribution in [2.75, 3.05) is 6.54 Å².